The van der Waals surface area contributed by atoms with E-state index in [1.807, 2.05) is 6.92 Å². The third-order valence-electron chi connectivity index (χ3n) is 6.13. The number of halogens is 1. The van der Waals surface area contributed by atoms with Crippen LogP contribution in [0.15, 0.2) is 59.3 Å². The Balaban J connectivity index is 1.49. The van der Waals surface area contributed by atoms with Gasteiger partial charge in [-0.1, -0.05) is 43.7 Å². The molecule has 214 valence electrons. The molecule has 1 amide bonds. The summed E-state index contributed by atoms with van der Waals surface area (Å²) in [6.07, 6.45) is 4.20. The predicted octanol–water partition coefficient (Wildman–Crippen LogP) is 4.95. The second kappa shape index (κ2) is 12.1. The van der Waals surface area contributed by atoms with Crippen molar-refractivity contribution < 1.29 is 26.8 Å². The van der Waals surface area contributed by atoms with E-state index in [-0.39, 0.29) is 35.7 Å². The minimum atomic E-state index is -4.00. The molecule has 0 aliphatic heterocycles. The third kappa shape index (κ3) is 6.60. The number of unbranched alkanes of at least 4 members (excludes halogenated alkanes) is 1. The molecule has 2 aromatic carbocycles. The fourth-order valence-corrected chi connectivity index (χ4v) is 7.25. The Morgan fingerprint density at radius 2 is 2.02 bits per heavy atom. The van der Waals surface area contributed by atoms with E-state index < -0.39 is 27.0 Å². The molecule has 0 saturated heterocycles. The van der Waals surface area contributed by atoms with Gasteiger partial charge < -0.3 is 14.5 Å². The molecule has 41 heavy (non-hydrogen) atoms. The van der Waals surface area contributed by atoms with Gasteiger partial charge in [-0.15, -0.1) is 21.5 Å². The number of aromatic nitrogens is 5. The number of thiazole rings is 1. The summed E-state index contributed by atoms with van der Waals surface area (Å²) in [4.78, 5) is 16.4. The highest BCUT2D eigenvalue weighted by Crippen LogP contribution is 2.38. The van der Waals surface area contributed by atoms with E-state index in [2.05, 4.69) is 25.6 Å². The highest BCUT2D eigenvalue weighted by Gasteiger charge is 2.37. The van der Waals surface area contributed by atoms with E-state index in [0.717, 1.165) is 24.2 Å². The molecule has 0 radical (unpaired) electrons. The van der Waals surface area contributed by atoms with Crippen LogP contribution in [0.3, 0.4) is 0 Å². The monoisotopic (exact) mass is 598 g/mol. The summed E-state index contributed by atoms with van der Waals surface area (Å²) in [5, 5.41) is 13.3. The van der Waals surface area contributed by atoms with Gasteiger partial charge in [0.05, 0.1) is 35.3 Å². The molecule has 1 N–H and O–H groups in total. The first kappa shape index (κ1) is 28.4. The maximum absolute atomic E-state index is 15.0. The normalized spacial score (nSPS) is 12.5. The van der Waals surface area contributed by atoms with Crippen molar-refractivity contribution in [3.63, 3.8) is 0 Å². The van der Waals surface area contributed by atoms with E-state index in [1.165, 1.54) is 6.07 Å². The summed E-state index contributed by atoms with van der Waals surface area (Å²) < 4.78 is 55.6. The number of rotatable bonds is 11. The Morgan fingerprint density at radius 1 is 1.22 bits per heavy atom. The lowest BCUT2D eigenvalue weighted by molar-refractivity contribution is 0.143. The number of amides is 1. The second-order valence-electron chi connectivity index (χ2n) is 9.30. The maximum Gasteiger partial charge on any atom is 0.407 e. The molecule has 11 nitrogen and oxygen atoms in total. The first-order valence-corrected chi connectivity index (χ1v) is 15.3. The Bertz CT molecular complexity index is 1770. The van der Waals surface area contributed by atoms with E-state index in [0.29, 0.717) is 26.9 Å². The number of fused-ring (bicyclic) bond motifs is 1. The van der Waals surface area contributed by atoms with Crippen molar-refractivity contribution in [3.8, 4) is 11.1 Å². The van der Waals surface area contributed by atoms with Crippen molar-refractivity contribution >= 4 is 37.5 Å². The van der Waals surface area contributed by atoms with Gasteiger partial charge in [0, 0.05) is 30.4 Å². The molecule has 0 fully saturated rings. The lowest BCUT2D eigenvalue weighted by atomic mass is 10.1. The smallest absolute Gasteiger partial charge is 0.407 e. The summed E-state index contributed by atoms with van der Waals surface area (Å²) in [7, 11) is -2.27. The number of sulfone groups is 1. The molecular weight excluding hydrogens is 571 g/mol. The minimum Gasteiger partial charge on any atom is -0.450 e. The Morgan fingerprint density at radius 3 is 2.76 bits per heavy atom. The largest absolute Gasteiger partial charge is 0.450 e. The molecule has 0 saturated carbocycles. The van der Waals surface area contributed by atoms with Gasteiger partial charge in [0.1, 0.15) is 10.8 Å². The number of ether oxygens (including phenoxy) is 1. The zero-order valence-electron chi connectivity index (χ0n) is 22.3. The second-order valence-corrected chi connectivity index (χ2v) is 12.5. The average Bonchev–Trinajstić information content (AvgIpc) is 3.67. The van der Waals surface area contributed by atoms with Crippen LogP contribution in [0.5, 0.6) is 0 Å². The number of nitrogens with zero attached hydrogens (tertiary/aromatic N) is 5. The van der Waals surface area contributed by atoms with E-state index >= 15 is 4.39 Å². The van der Waals surface area contributed by atoms with Crippen LogP contribution in [0.25, 0.3) is 21.3 Å². The van der Waals surface area contributed by atoms with Crippen LogP contribution in [0.1, 0.15) is 47.4 Å². The van der Waals surface area contributed by atoms with Gasteiger partial charge in [-0.3, -0.25) is 4.68 Å². The van der Waals surface area contributed by atoms with Gasteiger partial charge in [0.15, 0.2) is 15.1 Å². The number of aryl methyl sites for hydroxylation is 1. The Kier molecular flexibility index (Phi) is 8.40. The molecule has 0 aliphatic carbocycles. The highest BCUT2D eigenvalue weighted by atomic mass is 32.2. The maximum atomic E-state index is 15.0. The predicted molar refractivity (Wildman–Crippen MR) is 150 cm³/mol. The van der Waals surface area contributed by atoms with Crippen molar-refractivity contribution in [2.75, 3.05) is 6.61 Å². The van der Waals surface area contributed by atoms with Crippen molar-refractivity contribution in [1.82, 2.24) is 30.3 Å². The molecule has 1 atom stereocenters. The van der Waals surface area contributed by atoms with Gasteiger partial charge in [-0.05, 0) is 18.1 Å². The lowest BCUT2D eigenvalue weighted by Gasteiger charge is -2.12. The van der Waals surface area contributed by atoms with Gasteiger partial charge in [-0.2, -0.15) is 5.10 Å². The highest BCUT2D eigenvalue weighted by molar-refractivity contribution is 7.91. The van der Waals surface area contributed by atoms with Crippen LogP contribution >= 0.6 is 11.3 Å². The summed E-state index contributed by atoms with van der Waals surface area (Å²) in [6.45, 7) is 2.10. The molecule has 3 aromatic heterocycles. The first-order valence-electron chi connectivity index (χ1n) is 12.8. The standard InChI is InChI=1S/C27H27FN6O5S2/c1-3-4-10-38-27(35)29-14-23-32-33-25(39-23)24(41(36,37)16-17-8-6-5-7-9-17)26-31-21-12-20(28)19(11-22(21)40-26)18-13-30-34(2)15-18/h5-9,11-13,15,24H,3-4,10,14,16H2,1-2H3,(H,29,35). The quantitative estimate of drug-likeness (QED) is 0.209. The van der Waals surface area contributed by atoms with Crippen LogP contribution < -0.4 is 5.32 Å². The van der Waals surface area contributed by atoms with Gasteiger partial charge in [-0.25, -0.2) is 22.6 Å². The number of hydrogen-bond donors (Lipinski definition) is 1. The average molecular weight is 599 g/mol. The fourth-order valence-electron chi connectivity index (χ4n) is 4.11. The van der Waals surface area contributed by atoms with Crippen LogP contribution in [-0.2, 0) is 33.9 Å². The minimum absolute atomic E-state index is 0.00151. The van der Waals surface area contributed by atoms with Crippen molar-refractivity contribution in [2.24, 2.45) is 7.05 Å². The molecule has 0 aliphatic rings. The lowest BCUT2D eigenvalue weighted by Crippen LogP contribution is -2.24. The summed E-state index contributed by atoms with van der Waals surface area (Å²) in [5.41, 5.74) is 1.77. The van der Waals surface area contributed by atoms with Crippen LogP contribution in [0.2, 0.25) is 0 Å². The topological polar surface area (TPSA) is 142 Å². The Hall–Kier alpha value is -4.17. The number of carbonyl (C=O) groups is 1. The summed E-state index contributed by atoms with van der Waals surface area (Å²) >= 11 is 1.10. The third-order valence-corrected chi connectivity index (χ3v) is 9.24. The number of benzene rings is 2. The van der Waals surface area contributed by atoms with Gasteiger partial charge in [0.25, 0.3) is 0 Å². The van der Waals surface area contributed by atoms with E-state index in [1.54, 1.807) is 60.5 Å². The molecule has 14 heteroatoms. The molecule has 0 spiro atoms. The van der Waals surface area contributed by atoms with E-state index in [9.17, 15) is 13.2 Å². The zero-order valence-corrected chi connectivity index (χ0v) is 23.9. The molecule has 0 bridgehead atoms. The number of alkyl carbamates (subject to hydrolysis) is 1. The van der Waals surface area contributed by atoms with Crippen LogP contribution in [-0.4, -0.2) is 46.1 Å². The van der Waals surface area contributed by atoms with E-state index in [4.69, 9.17) is 9.15 Å². The zero-order chi connectivity index (χ0) is 29.0. The fraction of sp³-hybridized carbons (Fsp3) is 0.296. The van der Waals surface area contributed by atoms with Crippen LogP contribution in [0, 0.1) is 5.82 Å². The van der Waals surface area contributed by atoms with Gasteiger partial charge >= 0.3 is 6.09 Å². The van der Waals surface area contributed by atoms with Gasteiger partial charge in [0.2, 0.25) is 11.8 Å². The Labute approximate surface area is 239 Å². The first-order chi connectivity index (χ1) is 19.7. The summed E-state index contributed by atoms with van der Waals surface area (Å²) in [6, 6.07) is 11.6. The summed E-state index contributed by atoms with van der Waals surface area (Å²) in [5.74, 6) is -1.03. The van der Waals surface area contributed by atoms with Crippen LogP contribution in [0.4, 0.5) is 9.18 Å². The molecule has 5 rings (SSSR count). The SMILES string of the molecule is CCCCOC(=O)NCc1nnc(C(c2nc3cc(F)c(-c4cnn(C)c4)cc3s2)S(=O)(=O)Cc2ccccc2)o1. The molecular formula is C27H27FN6O5S2. The van der Waals surface area contributed by atoms with Crippen molar-refractivity contribution in [2.45, 2.75) is 37.3 Å². The number of nitrogens with one attached hydrogen (secondary N) is 1. The number of hydrogen-bond acceptors (Lipinski definition) is 10. The van der Waals surface area contributed by atoms with Crippen molar-refractivity contribution in [1.29, 1.82) is 0 Å². The molecule has 5 aromatic rings. The number of carbonyl (C=O) groups excluding carboxylic acids is 1. The molecule has 1 unspecified atom stereocenters. The molecule has 3 heterocycles. The van der Waals surface area contributed by atoms with Crippen molar-refractivity contribution in [3.05, 3.63) is 83.0 Å².